The molecule has 1 fully saturated rings. The zero-order valence-corrected chi connectivity index (χ0v) is 10.9. The maximum absolute atomic E-state index is 11.5. The van der Waals surface area contributed by atoms with Gasteiger partial charge in [-0.25, -0.2) is 8.42 Å². The van der Waals surface area contributed by atoms with Gasteiger partial charge in [0.2, 0.25) is 0 Å². The van der Waals surface area contributed by atoms with Gasteiger partial charge < -0.3 is 5.32 Å². The fourth-order valence-corrected chi connectivity index (χ4v) is 3.32. The molecule has 1 saturated heterocycles. The molecule has 1 rings (SSSR count). The zero-order valence-electron chi connectivity index (χ0n) is 10.0. The van der Waals surface area contributed by atoms with Gasteiger partial charge in [-0.15, -0.1) is 0 Å². The molecule has 0 radical (unpaired) electrons. The highest BCUT2D eigenvalue weighted by Gasteiger charge is 2.37. The van der Waals surface area contributed by atoms with Crippen molar-refractivity contribution in [2.75, 3.05) is 24.6 Å². The molecule has 0 aromatic carbocycles. The minimum absolute atomic E-state index is 0.260. The Morgan fingerprint density at radius 2 is 1.93 bits per heavy atom. The smallest absolute Gasteiger partial charge is 0.150 e. The average Bonchev–Trinajstić information content (AvgIpc) is 2.09. The Morgan fingerprint density at radius 1 is 1.33 bits per heavy atom. The molecule has 0 amide bonds. The minimum atomic E-state index is -2.79. The van der Waals surface area contributed by atoms with Gasteiger partial charge >= 0.3 is 0 Å². The van der Waals surface area contributed by atoms with Crippen molar-refractivity contribution in [3.05, 3.63) is 0 Å². The lowest BCUT2D eigenvalue weighted by Gasteiger charge is -2.44. The van der Waals surface area contributed by atoms with Gasteiger partial charge in [0, 0.05) is 18.8 Å². The molecule has 0 aromatic heterocycles. The summed E-state index contributed by atoms with van der Waals surface area (Å²) < 4.78 is 22.9. The van der Waals surface area contributed by atoms with Crippen molar-refractivity contribution in [3.63, 3.8) is 0 Å². The van der Waals surface area contributed by atoms with E-state index in [0.29, 0.717) is 11.7 Å². The van der Waals surface area contributed by atoms with Crippen LogP contribution in [0, 0.1) is 11.3 Å². The van der Waals surface area contributed by atoms with Gasteiger partial charge in [-0.3, -0.25) is 0 Å². The number of hydrogen-bond acceptors (Lipinski definition) is 3. The first kappa shape index (κ1) is 13.0. The molecule has 1 N–H and O–H groups in total. The number of nitrogens with one attached hydrogen (secondary N) is 1. The van der Waals surface area contributed by atoms with Crippen LogP contribution in [0.5, 0.6) is 0 Å². The molecule has 15 heavy (non-hydrogen) atoms. The van der Waals surface area contributed by atoms with Crippen LogP contribution in [0.25, 0.3) is 0 Å². The van der Waals surface area contributed by atoms with E-state index >= 15 is 0 Å². The van der Waals surface area contributed by atoms with Crippen LogP contribution in [-0.4, -0.2) is 33.0 Å². The van der Waals surface area contributed by atoms with Gasteiger partial charge in [-0.2, -0.15) is 0 Å². The molecule has 0 atom stereocenters. The summed E-state index contributed by atoms with van der Waals surface area (Å²) >= 11 is 0. The summed E-state index contributed by atoms with van der Waals surface area (Å²) in [4.78, 5) is 0. The van der Waals surface area contributed by atoms with Crippen LogP contribution in [0.1, 0.15) is 33.6 Å². The fraction of sp³-hybridized carbons (Fsp3) is 1.00. The second-order valence-corrected chi connectivity index (χ2v) is 7.66. The van der Waals surface area contributed by atoms with Crippen molar-refractivity contribution in [3.8, 4) is 0 Å². The van der Waals surface area contributed by atoms with Crippen molar-refractivity contribution in [1.29, 1.82) is 0 Å². The van der Waals surface area contributed by atoms with Crippen molar-refractivity contribution in [2.45, 2.75) is 33.6 Å². The van der Waals surface area contributed by atoms with Crippen LogP contribution in [0.15, 0.2) is 0 Å². The minimum Gasteiger partial charge on any atom is -0.316 e. The van der Waals surface area contributed by atoms with Crippen LogP contribution in [0.4, 0.5) is 0 Å². The van der Waals surface area contributed by atoms with Crippen LogP contribution in [0.2, 0.25) is 0 Å². The first-order valence-corrected chi connectivity index (χ1v) is 7.62. The molecule has 3 nitrogen and oxygen atoms in total. The SMILES string of the molecule is CCS(=O)(=O)CCC1(CC(C)C)CNC1. The third-order valence-electron chi connectivity index (χ3n) is 3.22. The Bertz CT molecular complexity index is 292. The summed E-state index contributed by atoms with van der Waals surface area (Å²) in [6.07, 6.45) is 1.97. The van der Waals surface area contributed by atoms with Crippen LogP contribution in [-0.2, 0) is 9.84 Å². The lowest BCUT2D eigenvalue weighted by molar-refractivity contribution is 0.126. The molecule has 1 aliphatic rings. The van der Waals surface area contributed by atoms with Gasteiger partial charge in [0.25, 0.3) is 0 Å². The van der Waals surface area contributed by atoms with E-state index in [2.05, 4.69) is 19.2 Å². The van der Waals surface area contributed by atoms with Crippen LogP contribution in [0.3, 0.4) is 0 Å². The molecular weight excluding hydrogens is 210 g/mol. The lowest BCUT2D eigenvalue weighted by atomic mass is 9.73. The van der Waals surface area contributed by atoms with E-state index in [1.54, 1.807) is 6.92 Å². The van der Waals surface area contributed by atoms with Gasteiger partial charge in [0.15, 0.2) is 0 Å². The van der Waals surface area contributed by atoms with Crippen molar-refractivity contribution in [1.82, 2.24) is 5.32 Å². The highest BCUT2D eigenvalue weighted by Crippen LogP contribution is 2.34. The van der Waals surface area contributed by atoms with E-state index in [1.807, 2.05) is 0 Å². The van der Waals surface area contributed by atoms with E-state index < -0.39 is 9.84 Å². The van der Waals surface area contributed by atoms with Crippen LogP contribution >= 0.6 is 0 Å². The third-order valence-corrected chi connectivity index (χ3v) is 4.93. The monoisotopic (exact) mass is 233 g/mol. The van der Waals surface area contributed by atoms with Crippen molar-refractivity contribution < 1.29 is 8.42 Å². The van der Waals surface area contributed by atoms with E-state index in [-0.39, 0.29) is 11.2 Å². The molecule has 0 bridgehead atoms. The first-order chi connectivity index (χ1) is 6.89. The highest BCUT2D eigenvalue weighted by molar-refractivity contribution is 7.91. The Hall–Kier alpha value is -0.0900. The number of sulfone groups is 1. The number of hydrogen-bond donors (Lipinski definition) is 1. The van der Waals surface area contributed by atoms with Gasteiger partial charge in [0.05, 0.1) is 5.75 Å². The Labute approximate surface area is 93.6 Å². The molecule has 4 heteroatoms. The highest BCUT2D eigenvalue weighted by atomic mass is 32.2. The van der Waals surface area contributed by atoms with Crippen molar-refractivity contribution in [2.24, 2.45) is 11.3 Å². The Balaban J connectivity index is 2.47. The summed E-state index contributed by atoms with van der Waals surface area (Å²) in [5.41, 5.74) is 0.260. The summed E-state index contributed by atoms with van der Waals surface area (Å²) in [6.45, 7) is 8.11. The molecular formula is C11H23NO2S. The fourth-order valence-electron chi connectivity index (χ4n) is 2.28. The maximum Gasteiger partial charge on any atom is 0.150 e. The first-order valence-electron chi connectivity index (χ1n) is 5.80. The number of rotatable bonds is 6. The summed E-state index contributed by atoms with van der Waals surface area (Å²) in [5.74, 6) is 1.28. The molecule has 90 valence electrons. The standard InChI is InChI=1S/C11H23NO2S/c1-4-15(13,14)6-5-11(7-10(2)3)8-12-9-11/h10,12H,4-9H2,1-3H3. The maximum atomic E-state index is 11.5. The van der Waals surface area contributed by atoms with Gasteiger partial charge in [-0.05, 0) is 24.2 Å². The summed E-state index contributed by atoms with van der Waals surface area (Å²) in [5, 5.41) is 3.27. The predicted octanol–water partition coefficient (Wildman–Crippen LogP) is 1.45. The van der Waals surface area contributed by atoms with Gasteiger partial charge in [-0.1, -0.05) is 20.8 Å². The molecule has 0 spiro atoms. The van der Waals surface area contributed by atoms with E-state index in [4.69, 9.17) is 0 Å². The largest absolute Gasteiger partial charge is 0.316 e. The predicted molar refractivity (Wildman–Crippen MR) is 63.7 cm³/mol. The normalized spacial score (nSPS) is 20.3. The molecule has 0 unspecified atom stereocenters. The van der Waals surface area contributed by atoms with E-state index in [9.17, 15) is 8.42 Å². The average molecular weight is 233 g/mol. The lowest BCUT2D eigenvalue weighted by Crippen LogP contribution is -2.54. The second kappa shape index (κ2) is 4.83. The summed E-state index contributed by atoms with van der Waals surface area (Å²) in [6, 6.07) is 0. The van der Waals surface area contributed by atoms with Gasteiger partial charge in [0.1, 0.15) is 9.84 Å². The quantitative estimate of drug-likeness (QED) is 0.755. The van der Waals surface area contributed by atoms with Crippen molar-refractivity contribution >= 4 is 9.84 Å². The molecule has 0 aliphatic carbocycles. The third kappa shape index (κ3) is 3.76. The molecule has 0 aromatic rings. The van der Waals surface area contributed by atoms with Crippen LogP contribution < -0.4 is 5.32 Å². The van der Waals surface area contributed by atoms with E-state index in [0.717, 1.165) is 25.9 Å². The molecule has 1 aliphatic heterocycles. The topological polar surface area (TPSA) is 46.2 Å². The second-order valence-electron chi connectivity index (χ2n) is 5.19. The molecule has 1 heterocycles. The summed E-state index contributed by atoms with van der Waals surface area (Å²) in [7, 11) is -2.79. The molecule has 0 saturated carbocycles. The zero-order chi connectivity index (χ0) is 11.5. The Kier molecular flexibility index (Phi) is 4.18. The van der Waals surface area contributed by atoms with E-state index in [1.165, 1.54) is 0 Å². The Morgan fingerprint density at radius 3 is 2.27 bits per heavy atom.